The average molecular weight is 378 g/mol. The van der Waals surface area contributed by atoms with Crippen LogP contribution in [0.15, 0.2) is 29.2 Å². The molecule has 0 unspecified atom stereocenters. The number of halogens is 1. The zero-order valence-corrected chi connectivity index (χ0v) is 15.3. The van der Waals surface area contributed by atoms with Crippen LogP contribution in [0.1, 0.15) is 12.8 Å². The summed E-state index contributed by atoms with van der Waals surface area (Å²) in [6.07, 6.45) is 1.07. The number of carbonyl (C=O) groups is 1. The maximum atomic E-state index is 12.6. The van der Waals surface area contributed by atoms with Crippen LogP contribution >= 0.6 is 12.4 Å². The second-order valence-electron chi connectivity index (χ2n) is 5.35. The molecule has 24 heavy (non-hydrogen) atoms. The molecule has 1 amide bonds. The molecule has 1 aliphatic rings. The number of amides is 1. The molecule has 0 atom stereocenters. The molecule has 1 fully saturated rings. The van der Waals surface area contributed by atoms with Gasteiger partial charge < -0.3 is 15.4 Å². The van der Waals surface area contributed by atoms with Crippen LogP contribution in [0.25, 0.3) is 0 Å². The largest absolute Gasteiger partial charge is 0.497 e. The molecule has 1 saturated heterocycles. The van der Waals surface area contributed by atoms with E-state index in [1.54, 1.807) is 17.0 Å². The van der Waals surface area contributed by atoms with E-state index in [-0.39, 0.29) is 23.2 Å². The normalized spacial score (nSPS) is 15.7. The fourth-order valence-corrected chi connectivity index (χ4v) is 3.91. The van der Waals surface area contributed by atoms with Crippen molar-refractivity contribution in [1.29, 1.82) is 0 Å². The Bertz CT molecular complexity index is 629. The number of sulfonamides is 1. The highest BCUT2D eigenvalue weighted by Gasteiger charge is 2.29. The van der Waals surface area contributed by atoms with Crippen molar-refractivity contribution in [3.8, 4) is 5.75 Å². The Balaban J connectivity index is 0.00000288. The van der Waals surface area contributed by atoms with Gasteiger partial charge in [-0.2, -0.15) is 4.31 Å². The summed E-state index contributed by atoms with van der Waals surface area (Å²) < 4.78 is 31.7. The molecule has 0 bridgehead atoms. The number of carbonyl (C=O) groups excluding carboxylic acids is 1. The maximum absolute atomic E-state index is 12.6. The minimum atomic E-state index is -3.53. The van der Waals surface area contributed by atoms with Gasteiger partial charge in [-0.3, -0.25) is 4.79 Å². The van der Waals surface area contributed by atoms with Crippen LogP contribution in [0, 0.1) is 0 Å². The lowest BCUT2D eigenvalue weighted by Gasteiger charge is -2.34. The predicted octanol–water partition coefficient (Wildman–Crippen LogP) is 0.689. The summed E-state index contributed by atoms with van der Waals surface area (Å²) in [5.74, 6) is 0.649. The van der Waals surface area contributed by atoms with Crippen molar-refractivity contribution >= 4 is 28.3 Å². The molecule has 0 spiro atoms. The van der Waals surface area contributed by atoms with Gasteiger partial charge in [0.05, 0.1) is 12.0 Å². The summed E-state index contributed by atoms with van der Waals surface area (Å²) >= 11 is 0. The molecule has 136 valence electrons. The summed E-state index contributed by atoms with van der Waals surface area (Å²) in [6, 6.07) is 6.32. The second kappa shape index (κ2) is 9.22. The Kier molecular flexibility index (Phi) is 7.95. The Morgan fingerprint density at radius 2 is 1.75 bits per heavy atom. The fourth-order valence-electron chi connectivity index (χ4n) is 2.49. The summed E-state index contributed by atoms with van der Waals surface area (Å²) in [5.41, 5.74) is 5.40. The quantitative estimate of drug-likeness (QED) is 0.787. The van der Waals surface area contributed by atoms with E-state index in [1.807, 2.05) is 0 Å². The summed E-state index contributed by atoms with van der Waals surface area (Å²) in [7, 11) is -2.00. The Morgan fingerprint density at radius 3 is 2.25 bits per heavy atom. The number of rotatable bonds is 6. The second-order valence-corrected chi connectivity index (χ2v) is 7.29. The number of nitrogens with zero attached hydrogens (tertiary/aromatic N) is 2. The Labute approximate surface area is 149 Å². The summed E-state index contributed by atoms with van der Waals surface area (Å²) in [4.78, 5) is 13.9. The smallest absolute Gasteiger partial charge is 0.243 e. The molecule has 7 nitrogen and oxygen atoms in total. The number of piperazine rings is 1. The molecule has 0 aromatic heterocycles. The molecule has 0 saturated carbocycles. The predicted molar refractivity (Wildman–Crippen MR) is 93.9 cm³/mol. The van der Waals surface area contributed by atoms with Crippen LogP contribution in [0.5, 0.6) is 5.75 Å². The third-order valence-electron chi connectivity index (χ3n) is 3.88. The topological polar surface area (TPSA) is 92.9 Å². The van der Waals surface area contributed by atoms with Gasteiger partial charge in [0.2, 0.25) is 15.9 Å². The lowest BCUT2D eigenvalue weighted by molar-refractivity contribution is -0.132. The van der Waals surface area contributed by atoms with E-state index in [4.69, 9.17) is 10.5 Å². The number of hydrogen-bond acceptors (Lipinski definition) is 5. The first-order valence-electron chi connectivity index (χ1n) is 7.61. The van der Waals surface area contributed by atoms with Crippen molar-refractivity contribution in [3.05, 3.63) is 24.3 Å². The van der Waals surface area contributed by atoms with Crippen LogP contribution in [0.3, 0.4) is 0 Å². The molecule has 1 aromatic carbocycles. The fraction of sp³-hybridized carbons (Fsp3) is 0.533. The SMILES string of the molecule is COc1ccc(S(=O)(=O)N2CCN(C(=O)CCCN)CC2)cc1.Cl. The van der Waals surface area contributed by atoms with E-state index in [9.17, 15) is 13.2 Å². The molecule has 2 N–H and O–H groups in total. The van der Waals surface area contributed by atoms with E-state index >= 15 is 0 Å². The first-order chi connectivity index (χ1) is 11.0. The number of hydrogen-bond donors (Lipinski definition) is 1. The minimum Gasteiger partial charge on any atom is -0.497 e. The van der Waals surface area contributed by atoms with Crippen molar-refractivity contribution < 1.29 is 17.9 Å². The zero-order valence-electron chi connectivity index (χ0n) is 13.7. The molecular weight excluding hydrogens is 354 g/mol. The van der Waals surface area contributed by atoms with Crippen molar-refractivity contribution in [1.82, 2.24) is 9.21 Å². The minimum absolute atomic E-state index is 0. The monoisotopic (exact) mass is 377 g/mol. The van der Waals surface area contributed by atoms with E-state index in [0.717, 1.165) is 0 Å². The van der Waals surface area contributed by atoms with Crippen LogP contribution in [-0.2, 0) is 14.8 Å². The molecule has 1 aromatic rings. The van der Waals surface area contributed by atoms with Gasteiger partial charge in [0.1, 0.15) is 5.75 Å². The van der Waals surface area contributed by atoms with Crippen molar-refractivity contribution in [2.75, 3.05) is 39.8 Å². The standard InChI is InChI=1S/C15H23N3O4S.ClH/c1-22-13-4-6-14(7-5-13)23(20,21)18-11-9-17(10-12-18)15(19)3-2-8-16;/h4-7H,2-3,8-12,16H2,1H3;1H. The van der Waals surface area contributed by atoms with E-state index in [1.165, 1.54) is 23.5 Å². The number of benzene rings is 1. The van der Waals surface area contributed by atoms with Gasteiger partial charge in [-0.05, 0) is 37.2 Å². The lowest BCUT2D eigenvalue weighted by atomic mass is 10.2. The van der Waals surface area contributed by atoms with Gasteiger partial charge in [0.15, 0.2) is 0 Å². The van der Waals surface area contributed by atoms with Crippen molar-refractivity contribution in [2.24, 2.45) is 5.73 Å². The number of methoxy groups -OCH3 is 1. The van der Waals surface area contributed by atoms with Gasteiger partial charge >= 0.3 is 0 Å². The Morgan fingerprint density at radius 1 is 1.17 bits per heavy atom. The zero-order chi connectivity index (χ0) is 16.9. The molecule has 1 aliphatic heterocycles. The summed E-state index contributed by atoms with van der Waals surface area (Å²) in [5, 5.41) is 0. The maximum Gasteiger partial charge on any atom is 0.243 e. The first kappa shape index (κ1) is 20.7. The van der Waals surface area contributed by atoms with Gasteiger partial charge in [-0.15, -0.1) is 12.4 Å². The van der Waals surface area contributed by atoms with Crippen LogP contribution in [-0.4, -0.2) is 63.4 Å². The number of nitrogens with two attached hydrogens (primary N) is 1. The molecule has 0 aliphatic carbocycles. The third-order valence-corrected chi connectivity index (χ3v) is 5.80. The van der Waals surface area contributed by atoms with Crippen LogP contribution in [0.4, 0.5) is 0 Å². The molecule has 0 radical (unpaired) electrons. The van der Waals surface area contributed by atoms with Gasteiger partial charge in [-0.1, -0.05) is 0 Å². The number of ether oxygens (including phenoxy) is 1. The molecule has 9 heteroatoms. The third kappa shape index (κ3) is 4.83. The average Bonchev–Trinajstić information content (AvgIpc) is 2.59. The highest BCUT2D eigenvalue weighted by atomic mass is 35.5. The van der Waals surface area contributed by atoms with Crippen molar-refractivity contribution in [2.45, 2.75) is 17.7 Å². The highest BCUT2D eigenvalue weighted by Crippen LogP contribution is 2.20. The van der Waals surface area contributed by atoms with Gasteiger partial charge in [-0.25, -0.2) is 8.42 Å². The van der Waals surface area contributed by atoms with E-state index in [0.29, 0.717) is 51.3 Å². The molecule has 2 rings (SSSR count). The lowest BCUT2D eigenvalue weighted by Crippen LogP contribution is -2.50. The molecular formula is C15H24ClN3O4S. The summed E-state index contributed by atoms with van der Waals surface area (Å²) in [6.45, 7) is 1.93. The van der Waals surface area contributed by atoms with Gasteiger partial charge in [0.25, 0.3) is 0 Å². The Hall–Kier alpha value is -1.35. The first-order valence-corrected chi connectivity index (χ1v) is 9.05. The van der Waals surface area contributed by atoms with Crippen molar-refractivity contribution in [3.63, 3.8) is 0 Å². The van der Waals surface area contributed by atoms with E-state index in [2.05, 4.69) is 0 Å². The van der Waals surface area contributed by atoms with Gasteiger partial charge in [0, 0.05) is 32.6 Å². The molecule has 1 heterocycles. The highest BCUT2D eigenvalue weighted by molar-refractivity contribution is 7.89. The van der Waals surface area contributed by atoms with Crippen LogP contribution in [0.2, 0.25) is 0 Å². The van der Waals surface area contributed by atoms with Crippen LogP contribution < -0.4 is 10.5 Å². The van der Waals surface area contributed by atoms with E-state index < -0.39 is 10.0 Å².